The number of epoxide rings is 2. The Morgan fingerprint density at radius 2 is 1.48 bits per heavy atom. The number of hydrogen-bond acceptors (Lipinski definition) is 4. The summed E-state index contributed by atoms with van der Waals surface area (Å²) in [5.41, 5.74) is 2.21. The zero-order valence-electron chi connectivity index (χ0n) is 15.3. The molecule has 2 heterocycles. The minimum absolute atomic E-state index is 0.183. The van der Waals surface area contributed by atoms with E-state index in [-0.39, 0.29) is 17.6 Å². The molecule has 0 radical (unpaired) electrons. The quantitative estimate of drug-likeness (QED) is 0.476. The minimum Gasteiger partial charge on any atom is -0.491 e. The van der Waals surface area contributed by atoms with Gasteiger partial charge in [0.15, 0.2) is 0 Å². The maximum absolute atomic E-state index is 5.85. The number of halogens is 2. The molecular formula is C21H22Br2O4. The molecule has 27 heavy (non-hydrogen) atoms. The van der Waals surface area contributed by atoms with E-state index >= 15 is 0 Å². The zero-order valence-corrected chi connectivity index (χ0v) is 18.5. The van der Waals surface area contributed by atoms with Gasteiger partial charge in [0, 0.05) is 9.89 Å². The van der Waals surface area contributed by atoms with Crippen LogP contribution in [0.2, 0.25) is 0 Å². The largest absolute Gasteiger partial charge is 0.491 e. The summed E-state index contributed by atoms with van der Waals surface area (Å²) in [7, 11) is 0. The van der Waals surface area contributed by atoms with Crippen LogP contribution in [0.1, 0.15) is 25.0 Å². The van der Waals surface area contributed by atoms with Gasteiger partial charge in [-0.25, -0.2) is 0 Å². The van der Waals surface area contributed by atoms with E-state index in [1.807, 2.05) is 18.2 Å². The molecule has 2 unspecified atom stereocenters. The number of benzene rings is 2. The van der Waals surface area contributed by atoms with Gasteiger partial charge in [-0.15, -0.1) is 0 Å². The van der Waals surface area contributed by atoms with E-state index in [4.69, 9.17) is 18.9 Å². The average molecular weight is 498 g/mol. The van der Waals surface area contributed by atoms with Gasteiger partial charge in [-0.3, -0.25) is 0 Å². The lowest BCUT2D eigenvalue weighted by atomic mass is 9.78. The summed E-state index contributed by atoms with van der Waals surface area (Å²) in [4.78, 5) is 0. The molecule has 2 aromatic carbocycles. The third kappa shape index (κ3) is 4.50. The Labute approximate surface area is 176 Å². The summed E-state index contributed by atoms with van der Waals surface area (Å²) < 4.78 is 23.9. The van der Waals surface area contributed by atoms with Gasteiger partial charge < -0.3 is 18.9 Å². The average Bonchev–Trinajstić information content (AvgIpc) is 3.55. The number of hydrogen-bond donors (Lipinski definition) is 0. The molecule has 0 aromatic heterocycles. The number of rotatable bonds is 8. The Morgan fingerprint density at radius 3 is 2.07 bits per heavy atom. The summed E-state index contributed by atoms with van der Waals surface area (Å²) in [5.74, 6) is 1.69. The highest BCUT2D eigenvalue weighted by Crippen LogP contribution is 2.43. The molecule has 6 heteroatoms. The van der Waals surface area contributed by atoms with Crippen molar-refractivity contribution in [2.75, 3.05) is 26.4 Å². The molecule has 0 aliphatic carbocycles. The van der Waals surface area contributed by atoms with E-state index in [1.54, 1.807) is 0 Å². The molecule has 2 atom stereocenters. The van der Waals surface area contributed by atoms with Crippen molar-refractivity contribution in [1.29, 1.82) is 0 Å². The fraction of sp³-hybridized carbons (Fsp3) is 0.429. The van der Waals surface area contributed by atoms with Crippen LogP contribution >= 0.6 is 31.9 Å². The van der Waals surface area contributed by atoms with Crippen molar-refractivity contribution in [1.82, 2.24) is 0 Å². The lowest BCUT2D eigenvalue weighted by molar-refractivity contribution is 0.261. The highest BCUT2D eigenvalue weighted by atomic mass is 79.9. The van der Waals surface area contributed by atoms with Crippen molar-refractivity contribution in [3.63, 3.8) is 0 Å². The van der Waals surface area contributed by atoms with Crippen LogP contribution in [0.3, 0.4) is 0 Å². The zero-order chi connectivity index (χ0) is 19.0. The van der Waals surface area contributed by atoms with Gasteiger partial charge in [0.05, 0.1) is 17.7 Å². The molecule has 0 N–H and O–H groups in total. The summed E-state index contributed by atoms with van der Waals surface area (Å²) in [5, 5.41) is 0. The van der Waals surface area contributed by atoms with E-state index in [1.165, 1.54) is 11.1 Å². The molecule has 2 saturated heterocycles. The highest BCUT2D eigenvalue weighted by Gasteiger charge is 2.29. The van der Waals surface area contributed by atoms with Crippen LogP contribution in [0.15, 0.2) is 45.3 Å². The predicted molar refractivity (Wildman–Crippen MR) is 111 cm³/mol. The van der Waals surface area contributed by atoms with Crippen molar-refractivity contribution in [3.8, 4) is 11.5 Å². The first-order valence-electron chi connectivity index (χ1n) is 9.03. The topological polar surface area (TPSA) is 43.5 Å². The molecule has 4 nitrogen and oxygen atoms in total. The van der Waals surface area contributed by atoms with E-state index in [0.29, 0.717) is 13.2 Å². The molecule has 2 fully saturated rings. The summed E-state index contributed by atoms with van der Waals surface area (Å²) in [6.45, 7) is 7.23. The molecule has 4 rings (SSSR count). The van der Waals surface area contributed by atoms with E-state index in [2.05, 4.69) is 63.9 Å². The summed E-state index contributed by atoms with van der Waals surface area (Å²) in [6.07, 6.45) is 0.501. The van der Waals surface area contributed by atoms with Crippen molar-refractivity contribution in [2.45, 2.75) is 31.5 Å². The van der Waals surface area contributed by atoms with Crippen LogP contribution in [-0.4, -0.2) is 38.6 Å². The van der Waals surface area contributed by atoms with Crippen LogP contribution in [-0.2, 0) is 14.9 Å². The van der Waals surface area contributed by atoms with Gasteiger partial charge in [0.2, 0.25) is 0 Å². The Morgan fingerprint density at radius 1 is 0.889 bits per heavy atom. The maximum atomic E-state index is 5.85. The second-order valence-corrected chi connectivity index (χ2v) is 9.01. The molecule has 2 aliphatic heterocycles. The third-order valence-electron chi connectivity index (χ3n) is 4.96. The summed E-state index contributed by atoms with van der Waals surface area (Å²) >= 11 is 7.43. The Hall–Kier alpha value is -1.08. The van der Waals surface area contributed by atoms with Crippen molar-refractivity contribution in [2.24, 2.45) is 0 Å². The minimum atomic E-state index is -0.183. The van der Waals surface area contributed by atoms with Gasteiger partial charge in [0.25, 0.3) is 0 Å². The second kappa shape index (κ2) is 7.74. The molecule has 144 valence electrons. The smallest absolute Gasteiger partial charge is 0.134 e. The molecular weight excluding hydrogens is 476 g/mol. The second-order valence-electron chi connectivity index (χ2n) is 7.42. The maximum Gasteiger partial charge on any atom is 0.134 e. The summed E-state index contributed by atoms with van der Waals surface area (Å²) in [6, 6.07) is 12.4. The lowest BCUT2D eigenvalue weighted by Crippen LogP contribution is -2.20. The predicted octanol–water partition coefficient (Wildman–Crippen LogP) is 5.09. The van der Waals surface area contributed by atoms with Crippen molar-refractivity contribution < 1.29 is 18.9 Å². The lowest BCUT2D eigenvalue weighted by Gasteiger charge is -2.28. The fourth-order valence-corrected chi connectivity index (χ4v) is 4.23. The molecule has 0 bridgehead atoms. The van der Waals surface area contributed by atoms with E-state index < -0.39 is 0 Å². The SMILES string of the molecule is CC(C)(c1ccc(OCC2CO2)cc1)c1ccc(OCC2CO2)c(Br)c1Br. The van der Waals surface area contributed by atoms with Gasteiger partial charge in [0.1, 0.15) is 36.9 Å². The Kier molecular flexibility index (Phi) is 5.52. The standard InChI is InChI=1S/C21H22Br2O4/c1-21(2,13-3-5-14(6-4-13)24-9-15-10-25-15)17-7-8-18(20(23)19(17)22)27-12-16-11-26-16/h3-8,15-16H,9-12H2,1-2H3. The normalized spacial score (nSPS) is 21.0. The number of ether oxygens (including phenoxy) is 4. The molecule has 2 aliphatic rings. The molecule has 0 spiro atoms. The Bertz CT molecular complexity index is 812. The monoisotopic (exact) mass is 496 g/mol. The van der Waals surface area contributed by atoms with Crippen LogP contribution in [0.4, 0.5) is 0 Å². The molecule has 0 saturated carbocycles. The molecule has 0 amide bonds. The van der Waals surface area contributed by atoms with Crippen LogP contribution < -0.4 is 9.47 Å². The van der Waals surface area contributed by atoms with Gasteiger partial charge in [-0.1, -0.05) is 32.0 Å². The first kappa shape index (κ1) is 19.2. The first-order valence-corrected chi connectivity index (χ1v) is 10.6. The van der Waals surface area contributed by atoms with Gasteiger partial charge in [-0.05, 0) is 61.2 Å². The van der Waals surface area contributed by atoms with Crippen LogP contribution in [0, 0.1) is 0 Å². The van der Waals surface area contributed by atoms with Crippen LogP contribution in [0.5, 0.6) is 11.5 Å². The molecule has 2 aromatic rings. The third-order valence-corrected chi connectivity index (χ3v) is 7.10. The first-order chi connectivity index (χ1) is 12.9. The Balaban J connectivity index is 1.51. The van der Waals surface area contributed by atoms with Crippen molar-refractivity contribution >= 4 is 31.9 Å². The van der Waals surface area contributed by atoms with Gasteiger partial charge >= 0.3 is 0 Å². The van der Waals surface area contributed by atoms with Crippen molar-refractivity contribution in [3.05, 3.63) is 56.5 Å². The van der Waals surface area contributed by atoms with Crippen LogP contribution in [0.25, 0.3) is 0 Å². The van der Waals surface area contributed by atoms with E-state index in [9.17, 15) is 0 Å². The van der Waals surface area contributed by atoms with Gasteiger partial charge in [-0.2, -0.15) is 0 Å². The van der Waals surface area contributed by atoms with E-state index in [0.717, 1.165) is 33.7 Å². The highest BCUT2D eigenvalue weighted by molar-refractivity contribution is 9.13. The fourth-order valence-electron chi connectivity index (χ4n) is 2.95.